The molecule has 1 fully saturated rings. The fraction of sp³-hybridized carbons (Fsp3) is 0.467. The van der Waals surface area contributed by atoms with Gasteiger partial charge in [0.25, 0.3) is 0 Å². The first-order valence-corrected chi connectivity index (χ1v) is 6.38. The lowest BCUT2D eigenvalue weighted by Crippen LogP contribution is -2.20. The zero-order valence-corrected chi connectivity index (χ0v) is 10.3. The molecule has 1 aromatic heterocycles. The van der Waals surface area contributed by atoms with Gasteiger partial charge in [0.2, 0.25) is 0 Å². The molecule has 2 nitrogen and oxygen atoms in total. The quantitative estimate of drug-likeness (QED) is 0.742. The maximum absolute atomic E-state index is 11.7. The van der Waals surface area contributed by atoms with E-state index < -0.39 is 0 Å². The van der Waals surface area contributed by atoms with Gasteiger partial charge in [0.1, 0.15) is 0 Å². The minimum Gasteiger partial charge on any atom is -0.295 e. The lowest BCUT2D eigenvalue weighted by atomic mass is 9.78. The first kappa shape index (κ1) is 12.0. The number of nitrogens with zero attached hydrogens (tertiary/aromatic N) is 1. The Bertz CT molecular complexity index is 389. The van der Waals surface area contributed by atoms with Gasteiger partial charge in [-0.3, -0.25) is 9.78 Å². The van der Waals surface area contributed by atoms with Gasteiger partial charge in [0.15, 0.2) is 5.78 Å². The number of hydrogen-bond acceptors (Lipinski definition) is 2. The van der Waals surface area contributed by atoms with E-state index in [1.165, 1.54) is 5.69 Å². The van der Waals surface area contributed by atoms with Crippen molar-refractivity contribution in [2.45, 2.75) is 38.5 Å². The van der Waals surface area contributed by atoms with Crippen molar-refractivity contribution in [1.29, 1.82) is 0 Å². The zero-order chi connectivity index (χ0) is 12.1. The number of carbonyl (C=O) groups is 1. The fourth-order valence-electron chi connectivity index (χ4n) is 2.59. The second kappa shape index (κ2) is 5.76. The molecule has 2 rings (SSSR count). The SMILES string of the molecule is C/C=C/C(=O)[C@H]1CC[C@H](c2ccccn2)CC1. The van der Waals surface area contributed by atoms with Crippen molar-refractivity contribution in [3.8, 4) is 0 Å². The van der Waals surface area contributed by atoms with Crippen molar-refractivity contribution in [3.63, 3.8) is 0 Å². The first-order valence-electron chi connectivity index (χ1n) is 6.38. The third-order valence-corrected chi connectivity index (χ3v) is 3.57. The highest BCUT2D eigenvalue weighted by atomic mass is 16.1. The molecule has 0 N–H and O–H groups in total. The van der Waals surface area contributed by atoms with Crippen LogP contribution in [-0.2, 0) is 4.79 Å². The van der Waals surface area contributed by atoms with Crippen LogP contribution in [0.3, 0.4) is 0 Å². The summed E-state index contributed by atoms with van der Waals surface area (Å²) in [5.41, 5.74) is 1.18. The van der Waals surface area contributed by atoms with E-state index in [0.29, 0.717) is 11.7 Å². The Morgan fingerprint density at radius 3 is 2.65 bits per heavy atom. The van der Waals surface area contributed by atoms with Crippen LogP contribution in [0.25, 0.3) is 0 Å². The van der Waals surface area contributed by atoms with Crippen LogP contribution in [0.15, 0.2) is 36.5 Å². The maximum atomic E-state index is 11.7. The van der Waals surface area contributed by atoms with Crippen molar-refractivity contribution in [1.82, 2.24) is 4.98 Å². The van der Waals surface area contributed by atoms with Crippen molar-refractivity contribution >= 4 is 5.78 Å². The van der Waals surface area contributed by atoms with E-state index >= 15 is 0 Å². The molecule has 0 bridgehead atoms. The zero-order valence-electron chi connectivity index (χ0n) is 10.3. The van der Waals surface area contributed by atoms with E-state index in [1.807, 2.05) is 31.3 Å². The van der Waals surface area contributed by atoms with Crippen molar-refractivity contribution in [2.24, 2.45) is 5.92 Å². The maximum Gasteiger partial charge on any atom is 0.158 e. The number of carbonyl (C=O) groups excluding carboxylic acids is 1. The third kappa shape index (κ3) is 3.02. The number of aromatic nitrogens is 1. The average Bonchev–Trinajstić information content (AvgIpc) is 2.40. The van der Waals surface area contributed by atoms with Gasteiger partial charge in [-0.1, -0.05) is 12.1 Å². The predicted molar refractivity (Wildman–Crippen MR) is 68.8 cm³/mol. The average molecular weight is 229 g/mol. The molecule has 0 saturated heterocycles. The van der Waals surface area contributed by atoms with Crippen molar-refractivity contribution in [3.05, 3.63) is 42.2 Å². The van der Waals surface area contributed by atoms with Gasteiger partial charge >= 0.3 is 0 Å². The molecular formula is C15H19NO. The van der Waals surface area contributed by atoms with Gasteiger partial charge in [-0.05, 0) is 50.8 Å². The van der Waals surface area contributed by atoms with Crippen LogP contribution in [0.4, 0.5) is 0 Å². The largest absolute Gasteiger partial charge is 0.295 e. The summed E-state index contributed by atoms with van der Waals surface area (Å²) in [6, 6.07) is 6.09. The van der Waals surface area contributed by atoms with Gasteiger partial charge in [-0.25, -0.2) is 0 Å². The van der Waals surface area contributed by atoms with Crippen molar-refractivity contribution < 1.29 is 4.79 Å². The lowest BCUT2D eigenvalue weighted by Gasteiger charge is -2.26. The monoisotopic (exact) mass is 229 g/mol. The van der Waals surface area contributed by atoms with Crippen molar-refractivity contribution in [2.75, 3.05) is 0 Å². The summed E-state index contributed by atoms with van der Waals surface area (Å²) in [5.74, 6) is 1.09. The summed E-state index contributed by atoms with van der Waals surface area (Å²) in [4.78, 5) is 16.1. The number of ketones is 1. The van der Waals surface area contributed by atoms with E-state index in [2.05, 4.69) is 11.1 Å². The molecule has 0 amide bonds. The standard InChI is InChI=1S/C15H19NO/c1-2-5-15(17)13-9-7-12(8-10-13)14-6-3-4-11-16-14/h2-6,11-13H,7-10H2,1H3/b5-2+/t12-,13-. The molecule has 0 atom stereocenters. The molecule has 0 aromatic carbocycles. The summed E-state index contributed by atoms with van der Waals surface area (Å²) >= 11 is 0. The van der Waals surface area contributed by atoms with Gasteiger partial charge in [0.05, 0.1) is 0 Å². The first-order chi connectivity index (χ1) is 8.31. The Morgan fingerprint density at radius 1 is 1.29 bits per heavy atom. The van der Waals surface area contributed by atoms with E-state index in [9.17, 15) is 4.79 Å². The molecule has 2 heteroatoms. The number of allylic oxidation sites excluding steroid dienone is 2. The molecule has 1 aliphatic rings. The van der Waals surface area contributed by atoms with Gasteiger partial charge in [-0.2, -0.15) is 0 Å². The molecule has 90 valence electrons. The Morgan fingerprint density at radius 2 is 2.06 bits per heavy atom. The summed E-state index contributed by atoms with van der Waals surface area (Å²) in [5, 5.41) is 0. The third-order valence-electron chi connectivity index (χ3n) is 3.57. The minimum atomic E-state index is 0.242. The molecule has 17 heavy (non-hydrogen) atoms. The second-order valence-corrected chi connectivity index (χ2v) is 4.71. The lowest BCUT2D eigenvalue weighted by molar-refractivity contribution is -0.119. The summed E-state index contributed by atoms with van der Waals surface area (Å²) in [7, 11) is 0. The smallest absolute Gasteiger partial charge is 0.158 e. The van der Waals surface area contributed by atoms with Crippen LogP contribution in [0.5, 0.6) is 0 Å². The van der Waals surface area contributed by atoms with Crippen LogP contribution >= 0.6 is 0 Å². The topological polar surface area (TPSA) is 30.0 Å². The molecule has 0 spiro atoms. The van der Waals surface area contributed by atoms with Gasteiger partial charge in [-0.15, -0.1) is 0 Å². The Labute approximate surface area is 103 Å². The van der Waals surface area contributed by atoms with Crippen LogP contribution in [-0.4, -0.2) is 10.8 Å². The molecule has 1 saturated carbocycles. The molecule has 0 aliphatic heterocycles. The summed E-state index contributed by atoms with van der Waals surface area (Å²) in [6.07, 6.45) is 9.59. The summed E-state index contributed by atoms with van der Waals surface area (Å²) in [6.45, 7) is 1.90. The highest BCUT2D eigenvalue weighted by Gasteiger charge is 2.26. The molecule has 1 heterocycles. The molecular weight excluding hydrogens is 210 g/mol. The number of pyridine rings is 1. The molecule has 0 radical (unpaired) electrons. The molecule has 1 aromatic rings. The van der Waals surface area contributed by atoms with E-state index in [-0.39, 0.29) is 5.92 Å². The van der Waals surface area contributed by atoms with E-state index in [4.69, 9.17) is 0 Å². The van der Waals surface area contributed by atoms with Crippen LogP contribution in [0.2, 0.25) is 0 Å². The fourth-order valence-corrected chi connectivity index (χ4v) is 2.59. The van der Waals surface area contributed by atoms with Crippen LogP contribution in [0, 0.1) is 5.92 Å². The molecule has 1 aliphatic carbocycles. The molecule has 0 unspecified atom stereocenters. The Hall–Kier alpha value is -1.44. The second-order valence-electron chi connectivity index (χ2n) is 4.71. The Kier molecular flexibility index (Phi) is 4.08. The van der Waals surface area contributed by atoms with Gasteiger partial charge < -0.3 is 0 Å². The number of rotatable bonds is 3. The van der Waals surface area contributed by atoms with E-state index in [0.717, 1.165) is 25.7 Å². The predicted octanol–water partition coefficient (Wildman–Crippen LogP) is 3.50. The van der Waals surface area contributed by atoms with Gasteiger partial charge in [0, 0.05) is 23.7 Å². The minimum absolute atomic E-state index is 0.242. The summed E-state index contributed by atoms with van der Waals surface area (Å²) < 4.78 is 0. The number of hydrogen-bond donors (Lipinski definition) is 0. The highest BCUT2D eigenvalue weighted by molar-refractivity contribution is 5.91. The highest BCUT2D eigenvalue weighted by Crippen LogP contribution is 2.35. The van der Waals surface area contributed by atoms with Crippen LogP contribution < -0.4 is 0 Å². The van der Waals surface area contributed by atoms with Crippen LogP contribution in [0.1, 0.15) is 44.2 Å². The normalized spacial score (nSPS) is 25.0. The Balaban J connectivity index is 1.92. The van der Waals surface area contributed by atoms with E-state index in [1.54, 1.807) is 6.08 Å².